The lowest BCUT2D eigenvalue weighted by molar-refractivity contribution is -0.121. The quantitative estimate of drug-likeness (QED) is 0.791. The summed E-state index contributed by atoms with van der Waals surface area (Å²) in [6.45, 7) is 3.81. The Bertz CT molecular complexity index is 907. The molecule has 0 spiro atoms. The predicted molar refractivity (Wildman–Crippen MR) is 89.7 cm³/mol. The van der Waals surface area contributed by atoms with Crippen LogP contribution in [0.25, 0.3) is 0 Å². The summed E-state index contributed by atoms with van der Waals surface area (Å²) < 4.78 is 13.5. The number of anilines is 2. The van der Waals surface area contributed by atoms with E-state index < -0.39 is 29.7 Å². The first-order chi connectivity index (χ1) is 12.0. The number of amides is 2. The molecule has 2 atom stereocenters. The minimum atomic E-state index is -0.906. The highest BCUT2D eigenvalue weighted by molar-refractivity contribution is 6.26. The number of benzene rings is 2. The van der Waals surface area contributed by atoms with Gasteiger partial charge in [-0.3, -0.25) is 9.59 Å². The first kappa shape index (κ1) is 15.4. The van der Waals surface area contributed by atoms with E-state index >= 15 is 0 Å². The second kappa shape index (κ2) is 5.47. The fraction of sp³-hybridized carbons (Fsp3) is 0.222. The van der Waals surface area contributed by atoms with E-state index in [-0.39, 0.29) is 0 Å². The average molecular weight is 338 g/mol. The lowest BCUT2D eigenvalue weighted by Crippen LogP contribution is -2.40. The number of carbonyl (C=O) groups is 2. The summed E-state index contributed by atoms with van der Waals surface area (Å²) in [5.41, 5.74) is 2.82. The maximum atomic E-state index is 13.5. The summed E-state index contributed by atoms with van der Waals surface area (Å²) in [4.78, 5) is 26.8. The zero-order chi connectivity index (χ0) is 17.7. The monoisotopic (exact) mass is 338 g/mol. The van der Waals surface area contributed by atoms with Gasteiger partial charge in [-0.1, -0.05) is 17.4 Å². The molecule has 0 aliphatic carbocycles. The minimum absolute atomic E-state index is 0.389. The molecular weight excluding hydrogens is 323 g/mol. The molecule has 4 rings (SSSR count). The number of imide groups is 1. The molecule has 2 aliphatic rings. The Morgan fingerprint density at radius 2 is 1.68 bits per heavy atom. The number of carbonyl (C=O) groups excluding carboxylic acids is 2. The zero-order valence-corrected chi connectivity index (χ0v) is 13.7. The van der Waals surface area contributed by atoms with Crippen LogP contribution in [0.4, 0.5) is 15.8 Å². The number of halogens is 1. The van der Waals surface area contributed by atoms with E-state index in [1.165, 1.54) is 23.2 Å². The molecule has 6 nitrogen and oxygen atoms in total. The van der Waals surface area contributed by atoms with Crippen molar-refractivity contribution in [2.24, 2.45) is 10.3 Å². The van der Waals surface area contributed by atoms with Gasteiger partial charge in [-0.05, 0) is 55.3 Å². The van der Waals surface area contributed by atoms with Gasteiger partial charge in [0.2, 0.25) is 0 Å². The number of nitrogens with zero attached hydrogens (tertiary/aromatic N) is 4. The van der Waals surface area contributed by atoms with Crippen LogP contribution in [0.5, 0.6) is 0 Å². The van der Waals surface area contributed by atoms with Crippen molar-refractivity contribution < 1.29 is 14.0 Å². The lowest BCUT2D eigenvalue weighted by Gasteiger charge is -2.21. The maximum Gasteiger partial charge on any atom is 0.263 e. The van der Waals surface area contributed by atoms with Crippen molar-refractivity contribution >= 4 is 23.2 Å². The first-order valence-corrected chi connectivity index (χ1v) is 7.87. The molecule has 2 aromatic rings. The Balaban J connectivity index is 1.73. The van der Waals surface area contributed by atoms with Crippen molar-refractivity contribution in [3.05, 3.63) is 59.4 Å². The highest BCUT2D eigenvalue weighted by Crippen LogP contribution is 2.35. The summed E-state index contributed by atoms with van der Waals surface area (Å²) in [5.74, 6) is -1.27. The normalized spacial score (nSPS) is 22.0. The van der Waals surface area contributed by atoms with Crippen LogP contribution < -0.4 is 9.91 Å². The molecule has 2 unspecified atom stereocenters. The fourth-order valence-electron chi connectivity index (χ4n) is 3.33. The Kier molecular flexibility index (Phi) is 3.38. The van der Waals surface area contributed by atoms with E-state index in [4.69, 9.17) is 0 Å². The fourth-order valence-corrected chi connectivity index (χ4v) is 3.33. The van der Waals surface area contributed by atoms with Crippen LogP contribution in [0.15, 0.2) is 52.8 Å². The molecule has 1 fully saturated rings. The Labute approximate surface area is 143 Å². The molecule has 1 saturated heterocycles. The average Bonchev–Trinajstić information content (AvgIpc) is 3.07. The van der Waals surface area contributed by atoms with Gasteiger partial charge >= 0.3 is 0 Å². The van der Waals surface area contributed by atoms with Crippen LogP contribution in [0, 0.1) is 19.7 Å². The molecule has 0 bridgehead atoms. The highest BCUT2D eigenvalue weighted by Gasteiger charge is 2.55. The molecule has 0 N–H and O–H groups in total. The molecule has 0 radical (unpaired) electrons. The van der Waals surface area contributed by atoms with Gasteiger partial charge < -0.3 is 0 Å². The Morgan fingerprint density at radius 1 is 0.960 bits per heavy atom. The van der Waals surface area contributed by atoms with E-state index in [0.717, 1.165) is 16.0 Å². The van der Waals surface area contributed by atoms with Crippen molar-refractivity contribution in [3.63, 3.8) is 0 Å². The van der Waals surface area contributed by atoms with Crippen LogP contribution in [-0.4, -0.2) is 23.9 Å². The lowest BCUT2D eigenvalue weighted by atomic mass is 10.1. The second-order valence-electron chi connectivity index (χ2n) is 6.28. The summed E-state index contributed by atoms with van der Waals surface area (Å²) >= 11 is 0. The molecule has 2 aromatic carbocycles. The summed E-state index contributed by atoms with van der Waals surface area (Å²) in [6, 6.07) is 9.47. The summed E-state index contributed by atoms with van der Waals surface area (Å²) in [6.07, 6.45) is 0. The van der Waals surface area contributed by atoms with Crippen molar-refractivity contribution in [1.29, 1.82) is 0 Å². The predicted octanol–water partition coefficient (Wildman–Crippen LogP) is 2.94. The maximum absolute atomic E-state index is 13.5. The van der Waals surface area contributed by atoms with Crippen LogP contribution in [0.1, 0.15) is 11.1 Å². The second-order valence-corrected chi connectivity index (χ2v) is 6.28. The smallest absolute Gasteiger partial charge is 0.263 e. The van der Waals surface area contributed by atoms with Gasteiger partial charge in [-0.2, -0.15) is 5.11 Å². The van der Waals surface area contributed by atoms with Crippen LogP contribution in [0.2, 0.25) is 0 Å². The number of fused-ring (bicyclic) bond motifs is 1. The first-order valence-electron chi connectivity index (χ1n) is 7.87. The third-order valence-electron chi connectivity index (χ3n) is 4.32. The molecule has 7 heteroatoms. The molecule has 2 aliphatic heterocycles. The molecule has 2 heterocycles. The minimum Gasteiger partial charge on any atom is -0.271 e. The highest BCUT2D eigenvalue weighted by atomic mass is 19.1. The number of rotatable bonds is 2. The van der Waals surface area contributed by atoms with Crippen molar-refractivity contribution in [2.45, 2.75) is 25.9 Å². The summed E-state index contributed by atoms with van der Waals surface area (Å²) in [7, 11) is 0. The van der Waals surface area contributed by atoms with Crippen LogP contribution in [-0.2, 0) is 9.59 Å². The Hall–Kier alpha value is -3.09. The SMILES string of the molecule is Cc1cc(C)cc(N2C(=O)C3N=NN(c4cccc(F)c4)C3C2=O)c1. The van der Waals surface area contributed by atoms with E-state index in [1.54, 1.807) is 18.2 Å². The topological polar surface area (TPSA) is 65.3 Å². The third-order valence-corrected chi connectivity index (χ3v) is 4.32. The molecule has 0 aromatic heterocycles. The van der Waals surface area contributed by atoms with Gasteiger partial charge in [0.1, 0.15) is 5.82 Å². The van der Waals surface area contributed by atoms with Gasteiger partial charge in [0.15, 0.2) is 12.1 Å². The largest absolute Gasteiger partial charge is 0.271 e. The summed E-state index contributed by atoms with van der Waals surface area (Å²) in [5, 5.41) is 9.19. The van der Waals surface area contributed by atoms with Crippen molar-refractivity contribution in [3.8, 4) is 0 Å². The molecular formula is C18H15FN4O2. The van der Waals surface area contributed by atoms with Gasteiger partial charge in [0, 0.05) is 0 Å². The Morgan fingerprint density at radius 3 is 2.36 bits per heavy atom. The number of hydrogen-bond acceptors (Lipinski definition) is 5. The number of aryl methyl sites for hydroxylation is 2. The van der Waals surface area contributed by atoms with Gasteiger partial charge in [-0.25, -0.2) is 14.3 Å². The van der Waals surface area contributed by atoms with Gasteiger partial charge in [-0.15, -0.1) is 0 Å². The van der Waals surface area contributed by atoms with Gasteiger partial charge in [0.25, 0.3) is 11.8 Å². The van der Waals surface area contributed by atoms with Crippen molar-refractivity contribution in [2.75, 3.05) is 9.91 Å². The van der Waals surface area contributed by atoms with E-state index in [9.17, 15) is 14.0 Å². The van der Waals surface area contributed by atoms with E-state index in [0.29, 0.717) is 11.4 Å². The number of hydrogen-bond donors (Lipinski definition) is 0. The molecule has 0 saturated carbocycles. The van der Waals surface area contributed by atoms with Crippen LogP contribution in [0.3, 0.4) is 0 Å². The zero-order valence-electron chi connectivity index (χ0n) is 13.7. The molecule has 25 heavy (non-hydrogen) atoms. The van der Waals surface area contributed by atoms with Crippen LogP contribution >= 0.6 is 0 Å². The van der Waals surface area contributed by atoms with Gasteiger partial charge in [0.05, 0.1) is 11.4 Å². The molecule has 126 valence electrons. The van der Waals surface area contributed by atoms with E-state index in [2.05, 4.69) is 10.3 Å². The molecule has 2 amide bonds. The van der Waals surface area contributed by atoms with E-state index in [1.807, 2.05) is 19.9 Å². The van der Waals surface area contributed by atoms with Crippen molar-refractivity contribution in [1.82, 2.24) is 0 Å². The third kappa shape index (κ3) is 2.39. The standard InChI is InChI=1S/C18H15FN4O2/c1-10-6-11(2)8-14(7-10)22-17(24)15-16(18(22)25)23(21-20-15)13-5-3-4-12(19)9-13/h3-9,15-16H,1-2H3.